The Morgan fingerprint density at radius 1 is 1.12 bits per heavy atom. The summed E-state index contributed by atoms with van der Waals surface area (Å²) in [6.45, 7) is 0.356. The summed E-state index contributed by atoms with van der Waals surface area (Å²) >= 11 is 0. The van der Waals surface area contributed by atoms with E-state index in [1.807, 2.05) is 30.3 Å². The maximum atomic E-state index is 10.9. The third-order valence-electron chi connectivity index (χ3n) is 3.03. The lowest BCUT2D eigenvalue weighted by Crippen LogP contribution is -2.61. The maximum Gasteiger partial charge on any atom is 0.321 e. The number of rotatable bonds is 4. The first-order valence-corrected chi connectivity index (χ1v) is 5.35. The standard InChI is InChI=1S/C12H13NO4/c14-11(15)9-6-10(12(16)17)13(9)7-8-4-2-1-3-5-8/h1-5,9-10H,6-7H2,(H,14,15)(H,16,17). The largest absolute Gasteiger partial charge is 0.480 e. The molecule has 1 aromatic carbocycles. The average molecular weight is 235 g/mol. The van der Waals surface area contributed by atoms with Gasteiger partial charge in [0.2, 0.25) is 0 Å². The van der Waals surface area contributed by atoms with Crippen molar-refractivity contribution in [3.8, 4) is 0 Å². The van der Waals surface area contributed by atoms with Crippen LogP contribution < -0.4 is 0 Å². The first-order chi connectivity index (χ1) is 8.09. The fourth-order valence-corrected chi connectivity index (χ4v) is 2.06. The van der Waals surface area contributed by atoms with E-state index in [-0.39, 0.29) is 6.42 Å². The number of benzene rings is 1. The predicted molar refractivity (Wildman–Crippen MR) is 59.4 cm³/mol. The summed E-state index contributed by atoms with van der Waals surface area (Å²) in [6.07, 6.45) is 0.178. The van der Waals surface area contributed by atoms with Crippen LogP contribution in [0.15, 0.2) is 30.3 Å². The smallest absolute Gasteiger partial charge is 0.321 e. The van der Waals surface area contributed by atoms with Gasteiger partial charge < -0.3 is 10.2 Å². The van der Waals surface area contributed by atoms with Crippen molar-refractivity contribution in [2.24, 2.45) is 0 Å². The van der Waals surface area contributed by atoms with E-state index < -0.39 is 24.0 Å². The zero-order valence-corrected chi connectivity index (χ0v) is 9.11. The molecule has 2 rings (SSSR count). The minimum atomic E-state index is -0.960. The Labute approximate surface area is 98.3 Å². The number of aliphatic carboxylic acids is 2. The molecule has 1 aromatic rings. The maximum absolute atomic E-state index is 10.9. The number of carboxylic acid groups (broad SMARTS) is 2. The molecule has 1 fully saturated rings. The zero-order valence-electron chi connectivity index (χ0n) is 9.11. The molecule has 0 saturated carbocycles. The van der Waals surface area contributed by atoms with Gasteiger partial charge in [0.15, 0.2) is 0 Å². The Morgan fingerprint density at radius 3 is 2.12 bits per heavy atom. The first-order valence-electron chi connectivity index (χ1n) is 5.35. The van der Waals surface area contributed by atoms with Crippen LogP contribution in [0.3, 0.4) is 0 Å². The minimum Gasteiger partial charge on any atom is -0.480 e. The quantitative estimate of drug-likeness (QED) is 0.807. The summed E-state index contributed by atoms with van der Waals surface area (Å²) < 4.78 is 0. The van der Waals surface area contributed by atoms with E-state index >= 15 is 0 Å². The van der Waals surface area contributed by atoms with Gasteiger partial charge in [0.05, 0.1) is 0 Å². The monoisotopic (exact) mass is 235 g/mol. The van der Waals surface area contributed by atoms with Gasteiger partial charge in [-0.3, -0.25) is 14.5 Å². The van der Waals surface area contributed by atoms with Crippen molar-refractivity contribution in [1.82, 2.24) is 4.90 Å². The second-order valence-electron chi connectivity index (χ2n) is 4.10. The van der Waals surface area contributed by atoms with Crippen LogP contribution >= 0.6 is 0 Å². The van der Waals surface area contributed by atoms with Gasteiger partial charge in [0, 0.05) is 6.54 Å². The number of carboxylic acids is 2. The topological polar surface area (TPSA) is 77.8 Å². The van der Waals surface area contributed by atoms with Crippen LogP contribution in [-0.2, 0) is 16.1 Å². The third-order valence-corrected chi connectivity index (χ3v) is 3.03. The molecule has 2 atom stereocenters. The third kappa shape index (κ3) is 2.29. The molecule has 0 spiro atoms. The van der Waals surface area contributed by atoms with E-state index in [1.54, 1.807) is 0 Å². The Balaban J connectivity index is 2.10. The van der Waals surface area contributed by atoms with Crippen molar-refractivity contribution >= 4 is 11.9 Å². The predicted octanol–water partition coefficient (Wildman–Crippen LogP) is 0.799. The Hall–Kier alpha value is -1.88. The molecule has 5 nitrogen and oxygen atoms in total. The minimum absolute atomic E-state index is 0.178. The lowest BCUT2D eigenvalue weighted by molar-refractivity contribution is -0.164. The first kappa shape index (κ1) is 11.6. The SMILES string of the molecule is O=C(O)C1CC(C(=O)O)N1Cc1ccccc1. The van der Waals surface area contributed by atoms with Crippen LogP contribution in [0.5, 0.6) is 0 Å². The lowest BCUT2D eigenvalue weighted by Gasteiger charge is -2.43. The molecule has 90 valence electrons. The lowest BCUT2D eigenvalue weighted by atomic mass is 9.92. The number of carbonyl (C=O) groups is 2. The van der Waals surface area contributed by atoms with Crippen molar-refractivity contribution in [3.63, 3.8) is 0 Å². The van der Waals surface area contributed by atoms with E-state index in [2.05, 4.69) is 0 Å². The van der Waals surface area contributed by atoms with Gasteiger partial charge >= 0.3 is 11.9 Å². The number of hydrogen-bond donors (Lipinski definition) is 2. The average Bonchev–Trinajstić information content (AvgIpc) is 2.25. The summed E-state index contributed by atoms with van der Waals surface area (Å²) in [6, 6.07) is 7.91. The highest BCUT2D eigenvalue weighted by atomic mass is 16.4. The fraction of sp³-hybridized carbons (Fsp3) is 0.333. The fourth-order valence-electron chi connectivity index (χ4n) is 2.06. The Morgan fingerprint density at radius 2 is 1.65 bits per heavy atom. The van der Waals surface area contributed by atoms with Gasteiger partial charge in [0.1, 0.15) is 12.1 Å². The van der Waals surface area contributed by atoms with Crippen LogP contribution in [0.25, 0.3) is 0 Å². The summed E-state index contributed by atoms with van der Waals surface area (Å²) in [5.41, 5.74) is 0.921. The van der Waals surface area contributed by atoms with E-state index in [1.165, 1.54) is 4.90 Å². The molecule has 0 bridgehead atoms. The summed E-state index contributed by atoms with van der Waals surface area (Å²) in [5.74, 6) is -1.92. The zero-order chi connectivity index (χ0) is 12.4. The van der Waals surface area contributed by atoms with Gasteiger partial charge in [-0.2, -0.15) is 0 Å². The number of nitrogens with zero attached hydrogens (tertiary/aromatic N) is 1. The summed E-state index contributed by atoms with van der Waals surface area (Å²) in [7, 11) is 0. The summed E-state index contributed by atoms with van der Waals surface area (Å²) in [4.78, 5) is 23.3. The van der Waals surface area contributed by atoms with Crippen LogP contribution in [0.4, 0.5) is 0 Å². The highest BCUT2D eigenvalue weighted by Gasteiger charge is 2.46. The van der Waals surface area contributed by atoms with Crippen molar-refractivity contribution in [3.05, 3.63) is 35.9 Å². The van der Waals surface area contributed by atoms with E-state index in [0.717, 1.165) is 5.56 Å². The molecule has 0 aliphatic carbocycles. The molecular formula is C12H13NO4. The number of likely N-dealkylation sites (tertiary alicyclic amines) is 1. The normalized spacial score (nSPS) is 24.0. The van der Waals surface area contributed by atoms with Crippen molar-refractivity contribution in [2.45, 2.75) is 25.0 Å². The molecule has 5 heteroatoms. The van der Waals surface area contributed by atoms with Gasteiger partial charge in [-0.25, -0.2) is 0 Å². The van der Waals surface area contributed by atoms with E-state index in [4.69, 9.17) is 10.2 Å². The van der Waals surface area contributed by atoms with Crippen molar-refractivity contribution in [2.75, 3.05) is 0 Å². The Bertz CT molecular complexity index is 411. The molecule has 17 heavy (non-hydrogen) atoms. The van der Waals surface area contributed by atoms with Gasteiger partial charge in [-0.15, -0.1) is 0 Å². The van der Waals surface area contributed by atoms with Crippen LogP contribution in [0, 0.1) is 0 Å². The van der Waals surface area contributed by atoms with Crippen LogP contribution in [-0.4, -0.2) is 39.1 Å². The van der Waals surface area contributed by atoms with Gasteiger partial charge in [0.25, 0.3) is 0 Å². The van der Waals surface area contributed by atoms with Crippen molar-refractivity contribution in [1.29, 1.82) is 0 Å². The molecule has 1 heterocycles. The second kappa shape index (κ2) is 4.55. The highest BCUT2D eigenvalue weighted by Crippen LogP contribution is 2.28. The molecular weight excluding hydrogens is 222 g/mol. The molecule has 1 aliphatic rings. The molecule has 2 unspecified atom stereocenters. The Kier molecular flexibility index (Phi) is 3.10. The molecule has 0 radical (unpaired) electrons. The van der Waals surface area contributed by atoms with Crippen LogP contribution in [0.1, 0.15) is 12.0 Å². The molecule has 1 aliphatic heterocycles. The van der Waals surface area contributed by atoms with Crippen LogP contribution in [0.2, 0.25) is 0 Å². The van der Waals surface area contributed by atoms with Gasteiger partial charge in [-0.1, -0.05) is 30.3 Å². The van der Waals surface area contributed by atoms with Crippen molar-refractivity contribution < 1.29 is 19.8 Å². The highest BCUT2D eigenvalue weighted by molar-refractivity contribution is 5.82. The van der Waals surface area contributed by atoms with E-state index in [0.29, 0.717) is 6.54 Å². The summed E-state index contributed by atoms with van der Waals surface area (Å²) in [5, 5.41) is 17.9. The molecule has 0 aromatic heterocycles. The van der Waals surface area contributed by atoms with Gasteiger partial charge in [-0.05, 0) is 12.0 Å². The van der Waals surface area contributed by atoms with E-state index in [9.17, 15) is 9.59 Å². The molecule has 1 saturated heterocycles. The second-order valence-corrected chi connectivity index (χ2v) is 4.10. The molecule has 2 N–H and O–H groups in total. The molecule has 0 amide bonds. The number of hydrogen-bond acceptors (Lipinski definition) is 3.